The van der Waals surface area contributed by atoms with E-state index in [2.05, 4.69) is 22.6 Å². The van der Waals surface area contributed by atoms with E-state index in [0.29, 0.717) is 35.3 Å². The summed E-state index contributed by atoms with van der Waals surface area (Å²) in [5, 5.41) is 9.94. The molecule has 146 valence electrons. The molecular formula is C21H20ClIN2O3. The average Bonchev–Trinajstić information content (AvgIpc) is 2.66. The molecule has 0 heterocycles. The highest BCUT2D eigenvalue weighted by Gasteiger charge is 2.15. The fourth-order valence-corrected chi connectivity index (χ4v) is 3.36. The Morgan fingerprint density at radius 2 is 2.00 bits per heavy atom. The maximum absolute atomic E-state index is 12.1. The predicted molar refractivity (Wildman–Crippen MR) is 118 cm³/mol. The number of carbonyl (C=O) groups excluding carboxylic acids is 1. The van der Waals surface area contributed by atoms with Gasteiger partial charge >= 0.3 is 0 Å². The summed E-state index contributed by atoms with van der Waals surface area (Å²) < 4.78 is 12.5. The summed E-state index contributed by atoms with van der Waals surface area (Å²) >= 11 is 8.34. The molecular weight excluding hydrogens is 491 g/mol. The Bertz CT molecular complexity index is 936. The van der Waals surface area contributed by atoms with E-state index in [1.807, 2.05) is 43.3 Å². The van der Waals surface area contributed by atoms with Crippen molar-refractivity contribution in [2.45, 2.75) is 13.5 Å². The van der Waals surface area contributed by atoms with Crippen molar-refractivity contribution in [3.8, 4) is 17.6 Å². The Morgan fingerprint density at radius 3 is 2.61 bits per heavy atom. The van der Waals surface area contributed by atoms with E-state index in [0.717, 1.165) is 9.13 Å². The number of carbonyl (C=O) groups is 1. The lowest BCUT2D eigenvalue weighted by molar-refractivity contribution is -0.124. The lowest BCUT2D eigenvalue weighted by Crippen LogP contribution is -2.22. The maximum Gasteiger partial charge on any atom is 0.264 e. The van der Waals surface area contributed by atoms with Gasteiger partial charge in [0, 0.05) is 24.7 Å². The molecule has 0 aliphatic rings. The third-order valence-electron chi connectivity index (χ3n) is 3.73. The van der Waals surface area contributed by atoms with Gasteiger partial charge in [-0.1, -0.05) is 29.8 Å². The minimum atomic E-state index is -0.352. The van der Waals surface area contributed by atoms with Gasteiger partial charge in [-0.25, -0.2) is 0 Å². The van der Waals surface area contributed by atoms with Gasteiger partial charge in [0.2, 0.25) is 0 Å². The number of nitrogens with zero attached hydrogens (tertiary/aromatic N) is 2. The second kappa shape index (κ2) is 10.3. The standard InChI is InChI=1S/C21H20ClIN2O3/c1-4-27-19-11-14(9-16(12-24)21(26)25(2)3)10-18(23)20(19)28-13-15-7-5-6-8-17(15)22/h5-11H,4,13H2,1-3H3/b16-9-. The molecule has 2 rings (SSSR count). The van der Waals surface area contributed by atoms with Crippen molar-refractivity contribution in [2.24, 2.45) is 0 Å². The van der Waals surface area contributed by atoms with E-state index in [-0.39, 0.29) is 11.5 Å². The Hall–Kier alpha value is -2.24. The second-order valence-electron chi connectivity index (χ2n) is 6.01. The summed E-state index contributed by atoms with van der Waals surface area (Å²) in [4.78, 5) is 13.5. The average molecular weight is 511 g/mol. The molecule has 1 amide bonds. The van der Waals surface area contributed by atoms with Crippen LogP contribution in [0, 0.1) is 14.9 Å². The van der Waals surface area contributed by atoms with Crippen molar-refractivity contribution in [1.29, 1.82) is 5.26 Å². The molecule has 5 nitrogen and oxygen atoms in total. The van der Waals surface area contributed by atoms with Crippen LogP contribution in [0.25, 0.3) is 6.08 Å². The normalized spacial score (nSPS) is 10.9. The number of halogens is 2. The zero-order chi connectivity index (χ0) is 20.7. The van der Waals surface area contributed by atoms with Gasteiger partial charge in [0.1, 0.15) is 18.2 Å². The Morgan fingerprint density at radius 1 is 1.29 bits per heavy atom. The summed E-state index contributed by atoms with van der Waals surface area (Å²) in [6, 6.07) is 13.0. The third-order valence-corrected chi connectivity index (χ3v) is 4.90. The van der Waals surface area contributed by atoms with E-state index in [1.54, 1.807) is 26.2 Å². The Kier molecular flexibility index (Phi) is 8.15. The number of rotatable bonds is 7. The molecule has 0 unspecified atom stereocenters. The molecule has 0 spiro atoms. The summed E-state index contributed by atoms with van der Waals surface area (Å²) in [6.07, 6.45) is 1.55. The van der Waals surface area contributed by atoms with Crippen molar-refractivity contribution in [3.05, 3.63) is 61.7 Å². The van der Waals surface area contributed by atoms with Crippen molar-refractivity contribution in [1.82, 2.24) is 4.90 Å². The smallest absolute Gasteiger partial charge is 0.264 e. The molecule has 0 aliphatic carbocycles. The van der Waals surface area contributed by atoms with E-state index >= 15 is 0 Å². The Labute approximate surface area is 183 Å². The Balaban J connectivity index is 2.37. The molecule has 28 heavy (non-hydrogen) atoms. The largest absolute Gasteiger partial charge is 0.490 e. The first-order chi connectivity index (χ1) is 13.4. The van der Waals surface area contributed by atoms with Crippen LogP contribution < -0.4 is 9.47 Å². The van der Waals surface area contributed by atoms with Gasteiger partial charge in [0.15, 0.2) is 11.5 Å². The van der Waals surface area contributed by atoms with Gasteiger partial charge in [-0.2, -0.15) is 5.26 Å². The van der Waals surface area contributed by atoms with Crippen molar-refractivity contribution >= 4 is 46.2 Å². The zero-order valence-electron chi connectivity index (χ0n) is 15.8. The highest BCUT2D eigenvalue weighted by atomic mass is 127. The van der Waals surface area contributed by atoms with E-state index < -0.39 is 0 Å². The van der Waals surface area contributed by atoms with E-state index in [9.17, 15) is 10.1 Å². The highest BCUT2D eigenvalue weighted by molar-refractivity contribution is 14.1. The molecule has 0 saturated heterocycles. The molecule has 0 bridgehead atoms. The van der Waals surface area contributed by atoms with Crippen LogP contribution in [0.2, 0.25) is 5.02 Å². The number of amides is 1. The lowest BCUT2D eigenvalue weighted by atomic mass is 10.1. The molecule has 0 fully saturated rings. The summed E-state index contributed by atoms with van der Waals surface area (Å²) in [5.41, 5.74) is 1.60. The number of hydrogen-bond donors (Lipinski definition) is 0. The van der Waals surface area contributed by atoms with Crippen molar-refractivity contribution < 1.29 is 14.3 Å². The molecule has 0 radical (unpaired) electrons. The number of hydrogen-bond acceptors (Lipinski definition) is 4. The number of likely N-dealkylation sites (N-methyl/N-ethyl adjacent to an activating group) is 1. The first kappa shape index (κ1) is 22.1. The van der Waals surface area contributed by atoms with Gasteiger partial charge in [-0.3, -0.25) is 4.79 Å². The molecule has 0 saturated carbocycles. The molecule has 0 N–H and O–H groups in total. The minimum Gasteiger partial charge on any atom is -0.490 e. The molecule has 2 aromatic carbocycles. The van der Waals surface area contributed by atoms with E-state index in [4.69, 9.17) is 21.1 Å². The van der Waals surface area contributed by atoms with Gasteiger partial charge < -0.3 is 14.4 Å². The van der Waals surface area contributed by atoms with Gasteiger partial charge in [0.25, 0.3) is 5.91 Å². The van der Waals surface area contributed by atoms with E-state index in [1.165, 1.54) is 4.90 Å². The van der Waals surface area contributed by atoms with Gasteiger partial charge in [-0.15, -0.1) is 0 Å². The van der Waals surface area contributed by atoms with Crippen LogP contribution in [-0.4, -0.2) is 31.5 Å². The quantitative estimate of drug-likeness (QED) is 0.301. The predicted octanol–water partition coefficient (Wildman–Crippen LogP) is 4.92. The van der Waals surface area contributed by atoms with Crippen LogP contribution in [-0.2, 0) is 11.4 Å². The fourth-order valence-electron chi connectivity index (χ4n) is 2.39. The van der Waals surface area contributed by atoms with Crippen molar-refractivity contribution in [2.75, 3.05) is 20.7 Å². The fraction of sp³-hybridized carbons (Fsp3) is 0.238. The topological polar surface area (TPSA) is 62.6 Å². The zero-order valence-corrected chi connectivity index (χ0v) is 18.7. The number of benzene rings is 2. The number of nitriles is 1. The summed E-state index contributed by atoms with van der Waals surface area (Å²) in [5.74, 6) is 0.786. The van der Waals surface area contributed by atoms with Crippen LogP contribution in [0.3, 0.4) is 0 Å². The maximum atomic E-state index is 12.1. The minimum absolute atomic E-state index is 0.0491. The SMILES string of the molecule is CCOc1cc(/C=C(/C#N)C(=O)N(C)C)cc(I)c1OCc1ccccc1Cl. The first-order valence-electron chi connectivity index (χ1n) is 8.53. The van der Waals surface area contributed by atoms with Crippen molar-refractivity contribution in [3.63, 3.8) is 0 Å². The van der Waals surface area contributed by atoms with Gasteiger partial charge in [-0.05, 0) is 59.4 Å². The van der Waals surface area contributed by atoms with Gasteiger partial charge in [0.05, 0.1) is 10.2 Å². The van der Waals surface area contributed by atoms with Crippen LogP contribution >= 0.6 is 34.2 Å². The molecule has 7 heteroatoms. The van der Waals surface area contributed by atoms with Crippen LogP contribution in [0.5, 0.6) is 11.5 Å². The molecule has 0 aromatic heterocycles. The number of ether oxygens (including phenoxy) is 2. The third kappa shape index (κ3) is 5.63. The first-order valence-corrected chi connectivity index (χ1v) is 9.99. The lowest BCUT2D eigenvalue weighted by Gasteiger charge is -2.15. The van der Waals surface area contributed by atoms with Crippen LogP contribution in [0.4, 0.5) is 0 Å². The molecule has 0 aliphatic heterocycles. The van der Waals surface area contributed by atoms with Crippen LogP contribution in [0.1, 0.15) is 18.1 Å². The second-order valence-corrected chi connectivity index (χ2v) is 7.58. The molecule has 2 aromatic rings. The highest BCUT2D eigenvalue weighted by Crippen LogP contribution is 2.36. The molecule has 0 atom stereocenters. The summed E-state index contributed by atoms with van der Waals surface area (Å²) in [7, 11) is 3.21. The van der Waals surface area contributed by atoms with Crippen LogP contribution in [0.15, 0.2) is 42.0 Å². The summed E-state index contributed by atoms with van der Waals surface area (Å²) in [6.45, 7) is 2.63. The monoisotopic (exact) mass is 510 g/mol.